The molecular weight excluding hydrogens is 520 g/mol. The Morgan fingerprint density at radius 1 is 0.763 bits per heavy atom. The van der Waals surface area contributed by atoms with Gasteiger partial charge in [0.05, 0.1) is 11.1 Å². The van der Waals surface area contributed by atoms with E-state index in [1.807, 2.05) is 5.32 Å². The van der Waals surface area contributed by atoms with Gasteiger partial charge in [-0.1, -0.05) is 18.2 Å². The van der Waals surface area contributed by atoms with Gasteiger partial charge in [-0.3, -0.25) is 4.79 Å². The second kappa shape index (κ2) is 9.84. The van der Waals surface area contributed by atoms with Gasteiger partial charge < -0.3 is 16.4 Å². The van der Waals surface area contributed by atoms with Gasteiger partial charge in [0, 0.05) is 22.5 Å². The van der Waals surface area contributed by atoms with Gasteiger partial charge in [-0.2, -0.15) is 26.3 Å². The number of anilines is 2. The number of urea groups is 1. The lowest BCUT2D eigenvalue weighted by Gasteiger charge is -2.15. The summed E-state index contributed by atoms with van der Waals surface area (Å²) in [6, 6.07) is 10.3. The summed E-state index contributed by atoms with van der Waals surface area (Å²) in [5.41, 5.74) is 3.37. The van der Waals surface area contributed by atoms with Crippen molar-refractivity contribution in [3.63, 3.8) is 0 Å². The van der Waals surface area contributed by atoms with E-state index in [0.717, 1.165) is 0 Å². The lowest BCUT2D eigenvalue weighted by atomic mass is 9.97. The Balaban J connectivity index is 1.63. The van der Waals surface area contributed by atoms with Crippen molar-refractivity contribution in [2.75, 3.05) is 10.6 Å². The highest BCUT2D eigenvalue weighted by Gasteiger charge is 2.37. The van der Waals surface area contributed by atoms with Crippen molar-refractivity contribution in [2.45, 2.75) is 12.4 Å². The van der Waals surface area contributed by atoms with E-state index < -0.39 is 41.1 Å². The summed E-state index contributed by atoms with van der Waals surface area (Å²) >= 11 is 0. The largest absolute Gasteiger partial charge is 0.416 e. The van der Waals surface area contributed by atoms with Crippen LogP contribution in [0.1, 0.15) is 21.5 Å². The number of aromatic nitrogens is 4. The molecule has 0 atom stereocenters. The first-order chi connectivity index (χ1) is 17.8. The second-order valence-corrected chi connectivity index (χ2v) is 7.83. The minimum Gasteiger partial charge on any atom is -0.366 e. The van der Waals surface area contributed by atoms with Crippen LogP contribution in [-0.2, 0) is 12.4 Å². The Labute approximate surface area is 209 Å². The first-order valence-electron chi connectivity index (χ1n) is 10.5. The number of H-pyrrole nitrogens is 1. The maximum Gasteiger partial charge on any atom is 0.416 e. The summed E-state index contributed by atoms with van der Waals surface area (Å²) in [7, 11) is 0. The number of rotatable bonds is 5. The van der Waals surface area contributed by atoms with Crippen molar-refractivity contribution in [1.29, 1.82) is 0 Å². The van der Waals surface area contributed by atoms with E-state index in [4.69, 9.17) is 5.73 Å². The van der Waals surface area contributed by atoms with Crippen LogP contribution >= 0.6 is 0 Å². The minimum atomic E-state index is -5.07. The van der Waals surface area contributed by atoms with E-state index in [0.29, 0.717) is 28.8 Å². The number of nitrogens with one attached hydrogen (secondary N) is 3. The third kappa shape index (κ3) is 5.88. The molecule has 0 spiro atoms. The number of hydrogen-bond donors (Lipinski definition) is 4. The van der Waals surface area contributed by atoms with Gasteiger partial charge in [0.25, 0.3) is 0 Å². The molecule has 196 valence electrons. The summed E-state index contributed by atoms with van der Waals surface area (Å²) < 4.78 is 78.6. The number of aromatic amines is 1. The zero-order valence-corrected chi connectivity index (χ0v) is 18.8. The van der Waals surface area contributed by atoms with Gasteiger partial charge in [-0.25, -0.2) is 9.89 Å². The number of hydrogen-bond acceptors (Lipinski definition) is 5. The molecule has 0 aliphatic rings. The van der Waals surface area contributed by atoms with E-state index in [-0.39, 0.29) is 23.1 Å². The molecule has 0 aliphatic carbocycles. The van der Waals surface area contributed by atoms with Crippen LogP contribution in [-0.4, -0.2) is 32.6 Å². The third-order valence-corrected chi connectivity index (χ3v) is 5.20. The van der Waals surface area contributed by atoms with E-state index in [1.54, 1.807) is 18.2 Å². The Bertz CT molecular complexity index is 1450. The minimum absolute atomic E-state index is 0.0461. The van der Waals surface area contributed by atoms with Crippen LogP contribution in [0.3, 0.4) is 0 Å². The highest BCUT2D eigenvalue weighted by Crippen LogP contribution is 2.38. The molecule has 1 heterocycles. The first-order valence-corrected chi connectivity index (χ1v) is 10.5. The maximum absolute atomic E-state index is 13.1. The molecule has 9 nitrogen and oxygen atoms in total. The molecule has 0 fully saturated rings. The number of primary amides is 1. The average molecular weight is 535 g/mol. The van der Waals surface area contributed by atoms with Crippen LogP contribution in [0, 0.1) is 0 Å². The molecule has 0 unspecified atom stereocenters. The van der Waals surface area contributed by atoms with Crippen molar-refractivity contribution in [1.82, 2.24) is 20.6 Å². The van der Waals surface area contributed by atoms with Crippen LogP contribution < -0.4 is 16.4 Å². The molecule has 4 aromatic rings. The standard InChI is InChI=1S/C23H15F6N7O2/c24-22(25,26)13-7-14(23(27,28)29)9-16(8-13)32-21(38)31-15-5-6-17(18(10-15)20-33-35-36-34-20)11-1-3-12(4-2-11)19(30)37/h1-10H,(H2,30,37)(H2,31,32,38)(H,33,34,35,36). The zero-order valence-electron chi connectivity index (χ0n) is 18.8. The van der Waals surface area contributed by atoms with Crippen LogP contribution in [0.15, 0.2) is 60.7 Å². The molecular formula is C23H15F6N7O2. The van der Waals surface area contributed by atoms with Gasteiger partial charge in [-0.15, -0.1) is 5.10 Å². The fourth-order valence-electron chi connectivity index (χ4n) is 3.48. The monoisotopic (exact) mass is 535 g/mol. The van der Waals surface area contributed by atoms with Crippen LogP contribution in [0.25, 0.3) is 22.5 Å². The third-order valence-electron chi connectivity index (χ3n) is 5.20. The lowest BCUT2D eigenvalue weighted by molar-refractivity contribution is -0.143. The molecule has 4 rings (SSSR count). The molecule has 3 aromatic carbocycles. The number of benzene rings is 3. The average Bonchev–Trinajstić information content (AvgIpc) is 3.38. The molecule has 0 bridgehead atoms. The highest BCUT2D eigenvalue weighted by atomic mass is 19.4. The predicted octanol–water partition coefficient (Wildman–Crippen LogP) is 5.31. The summed E-state index contributed by atoms with van der Waals surface area (Å²) in [6.07, 6.45) is -10.1. The van der Waals surface area contributed by atoms with Gasteiger partial charge >= 0.3 is 18.4 Å². The molecule has 3 amide bonds. The summed E-state index contributed by atoms with van der Waals surface area (Å²) in [5.74, 6) is -0.430. The summed E-state index contributed by atoms with van der Waals surface area (Å²) in [6.45, 7) is 0. The van der Waals surface area contributed by atoms with E-state index in [9.17, 15) is 35.9 Å². The molecule has 0 aliphatic heterocycles. The zero-order chi connectivity index (χ0) is 27.7. The normalized spacial score (nSPS) is 11.7. The molecule has 0 radical (unpaired) electrons. The molecule has 0 saturated heterocycles. The second-order valence-electron chi connectivity index (χ2n) is 7.83. The summed E-state index contributed by atoms with van der Waals surface area (Å²) in [5, 5.41) is 17.8. The van der Waals surface area contributed by atoms with Crippen LogP contribution in [0.5, 0.6) is 0 Å². The van der Waals surface area contributed by atoms with Gasteiger partial charge in [0.2, 0.25) is 5.91 Å². The van der Waals surface area contributed by atoms with Crippen LogP contribution in [0.4, 0.5) is 42.5 Å². The number of carbonyl (C=O) groups is 2. The summed E-state index contributed by atoms with van der Waals surface area (Å²) in [4.78, 5) is 23.8. The topological polar surface area (TPSA) is 139 Å². The van der Waals surface area contributed by atoms with E-state index >= 15 is 0 Å². The Morgan fingerprint density at radius 3 is 1.89 bits per heavy atom. The number of alkyl halides is 6. The van der Waals surface area contributed by atoms with Crippen molar-refractivity contribution < 1.29 is 35.9 Å². The maximum atomic E-state index is 13.1. The predicted molar refractivity (Wildman–Crippen MR) is 123 cm³/mol. The molecule has 1 aromatic heterocycles. The van der Waals surface area contributed by atoms with Crippen LogP contribution in [0.2, 0.25) is 0 Å². The number of carbonyl (C=O) groups excluding carboxylic acids is 2. The number of halogens is 6. The quantitative estimate of drug-likeness (QED) is 0.257. The van der Waals surface area contributed by atoms with E-state index in [2.05, 4.69) is 25.9 Å². The Kier molecular flexibility index (Phi) is 6.76. The van der Waals surface area contributed by atoms with Gasteiger partial charge in [-0.05, 0) is 64.0 Å². The Hall–Kier alpha value is -4.95. The number of tetrazole rings is 1. The lowest BCUT2D eigenvalue weighted by Crippen LogP contribution is -2.21. The van der Waals surface area contributed by atoms with E-state index in [1.165, 1.54) is 24.3 Å². The number of nitrogens with zero attached hydrogens (tertiary/aromatic N) is 3. The van der Waals surface area contributed by atoms with Crippen molar-refractivity contribution in [3.8, 4) is 22.5 Å². The van der Waals surface area contributed by atoms with Gasteiger partial charge in [0.15, 0.2) is 5.82 Å². The first kappa shape index (κ1) is 26.1. The smallest absolute Gasteiger partial charge is 0.366 e. The van der Waals surface area contributed by atoms with Crippen molar-refractivity contribution >= 4 is 23.3 Å². The Morgan fingerprint density at radius 2 is 1.37 bits per heavy atom. The fourth-order valence-corrected chi connectivity index (χ4v) is 3.48. The van der Waals surface area contributed by atoms with Crippen molar-refractivity contribution in [3.05, 3.63) is 77.4 Å². The molecule has 15 heteroatoms. The highest BCUT2D eigenvalue weighted by molar-refractivity contribution is 6.01. The van der Waals surface area contributed by atoms with Crippen molar-refractivity contribution in [2.24, 2.45) is 5.73 Å². The molecule has 38 heavy (non-hydrogen) atoms. The number of amides is 3. The SMILES string of the molecule is NC(=O)c1ccc(-c2ccc(NC(=O)Nc3cc(C(F)(F)F)cc(C(F)(F)F)c3)cc2-c2nnn[nH]2)cc1. The van der Waals surface area contributed by atoms with Gasteiger partial charge in [0.1, 0.15) is 0 Å². The molecule has 5 N–H and O–H groups in total. The fraction of sp³-hybridized carbons (Fsp3) is 0.0870. The number of nitrogens with two attached hydrogens (primary N) is 1. The molecule has 0 saturated carbocycles.